The third-order valence-corrected chi connectivity index (χ3v) is 4.34. The number of benzene rings is 1. The molecular formula is C17H19ClN2O2. The van der Waals surface area contributed by atoms with E-state index in [0.717, 1.165) is 43.4 Å². The van der Waals surface area contributed by atoms with Gasteiger partial charge in [-0.05, 0) is 24.3 Å². The van der Waals surface area contributed by atoms with Crippen molar-refractivity contribution in [3.63, 3.8) is 0 Å². The molecule has 5 heteroatoms. The third kappa shape index (κ3) is 3.51. The van der Waals surface area contributed by atoms with Crippen LogP contribution >= 0.6 is 11.6 Å². The molecule has 116 valence electrons. The first-order valence-corrected chi connectivity index (χ1v) is 7.90. The Labute approximate surface area is 135 Å². The van der Waals surface area contributed by atoms with Crippen LogP contribution in [0.2, 0.25) is 5.02 Å². The van der Waals surface area contributed by atoms with Gasteiger partial charge in [0.05, 0.1) is 17.0 Å². The fraction of sp³-hybridized carbons (Fsp3) is 0.353. The van der Waals surface area contributed by atoms with E-state index in [-0.39, 0.29) is 5.78 Å². The van der Waals surface area contributed by atoms with Gasteiger partial charge in [-0.1, -0.05) is 23.7 Å². The van der Waals surface area contributed by atoms with Crippen LogP contribution in [0.15, 0.2) is 47.1 Å². The third-order valence-electron chi connectivity index (χ3n) is 4.02. The van der Waals surface area contributed by atoms with Crippen molar-refractivity contribution in [1.29, 1.82) is 0 Å². The lowest BCUT2D eigenvalue weighted by molar-refractivity contribution is 0.0935. The lowest BCUT2D eigenvalue weighted by Gasteiger charge is -2.36. The molecule has 2 aromatic rings. The molecule has 1 aromatic heterocycles. The minimum Gasteiger partial charge on any atom is -0.461 e. The molecule has 1 saturated heterocycles. The number of rotatable bonds is 5. The van der Waals surface area contributed by atoms with Crippen LogP contribution in [0.5, 0.6) is 0 Å². The highest BCUT2D eigenvalue weighted by Gasteiger charge is 2.19. The maximum atomic E-state index is 11.9. The minimum absolute atomic E-state index is 0.0681. The Morgan fingerprint density at radius 3 is 2.55 bits per heavy atom. The summed E-state index contributed by atoms with van der Waals surface area (Å²) >= 11 is 6.24. The second kappa shape index (κ2) is 6.99. The number of furan rings is 1. The van der Waals surface area contributed by atoms with Crippen molar-refractivity contribution in [2.45, 2.75) is 6.42 Å². The van der Waals surface area contributed by atoms with E-state index in [2.05, 4.69) is 15.9 Å². The van der Waals surface area contributed by atoms with Gasteiger partial charge in [0.1, 0.15) is 0 Å². The fourth-order valence-corrected chi connectivity index (χ4v) is 3.00. The number of hydrogen-bond acceptors (Lipinski definition) is 4. The molecule has 2 heterocycles. The van der Waals surface area contributed by atoms with E-state index in [9.17, 15) is 4.79 Å². The van der Waals surface area contributed by atoms with Gasteiger partial charge in [-0.3, -0.25) is 9.69 Å². The molecule has 0 atom stereocenters. The first kappa shape index (κ1) is 15.1. The molecular weight excluding hydrogens is 300 g/mol. The molecule has 0 amide bonds. The number of nitrogens with zero attached hydrogens (tertiary/aromatic N) is 2. The molecule has 3 rings (SSSR count). The second-order valence-electron chi connectivity index (χ2n) is 5.43. The predicted octanol–water partition coefficient (Wildman–Crippen LogP) is 3.33. The maximum absolute atomic E-state index is 11.9. The average molecular weight is 319 g/mol. The topological polar surface area (TPSA) is 36.7 Å². The van der Waals surface area contributed by atoms with E-state index in [1.165, 1.54) is 6.26 Å². The van der Waals surface area contributed by atoms with Gasteiger partial charge in [0.2, 0.25) is 0 Å². The Balaban J connectivity index is 1.48. The summed E-state index contributed by atoms with van der Waals surface area (Å²) in [6, 6.07) is 11.4. The SMILES string of the molecule is O=C(CCN1CCN(c2ccccc2Cl)CC1)c1ccco1. The molecule has 0 bridgehead atoms. The molecule has 0 radical (unpaired) electrons. The van der Waals surface area contributed by atoms with Crippen molar-refractivity contribution in [3.05, 3.63) is 53.4 Å². The van der Waals surface area contributed by atoms with Crippen LogP contribution in [0, 0.1) is 0 Å². The van der Waals surface area contributed by atoms with E-state index < -0.39 is 0 Å². The van der Waals surface area contributed by atoms with Gasteiger partial charge in [0.25, 0.3) is 0 Å². The van der Waals surface area contributed by atoms with Gasteiger partial charge in [0.15, 0.2) is 11.5 Å². The zero-order valence-corrected chi connectivity index (χ0v) is 13.1. The highest BCUT2D eigenvalue weighted by molar-refractivity contribution is 6.33. The maximum Gasteiger partial charge on any atom is 0.199 e. The van der Waals surface area contributed by atoms with Crippen molar-refractivity contribution in [2.75, 3.05) is 37.6 Å². The molecule has 1 aromatic carbocycles. The van der Waals surface area contributed by atoms with Gasteiger partial charge < -0.3 is 9.32 Å². The lowest BCUT2D eigenvalue weighted by atomic mass is 10.2. The van der Waals surface area contributed by atoms with E-state index >= 15 is 0 Å². The summed E-state index contributed by atoms with van der Waals surface area (Å²) in [7, 11) is 0. The van der Waals surface area contributed by atoms with Crippen LogP contribution in [0.25, 0.3) is 0 Å². The Kier molecular flexibility index (Phi) is 4.80. The molecule has 1 aliphatic heterocycles. The average Bonchev–Trinajstić information content (AvgIpc) is 3.08. The quantitative estimate of drug-likeness (QED) is 0.792. The van der Waals surface area contributed by atoms with Crippen LogP contribution < -0.4 is 4.90 Å². The van der Waals surface area contributed by atoms with E-state index in [0.29, 0.717) is 12.2 Å². The van der Waals surface area contributed by atoms with Gasteiger partial charge in [-0.2, -0.15) is 0 Å². The normalized spacial score (nSPS) is 16.0. The summed E-state index contributed by atoms with van der Waals surface area (Å²) in [5, 5.41) is 0.795. The van der Waals surface area contributed by atoms with E-state index in [4.69, 9.17) is 16.0 Å². The second-order valence-corrected chi connectivity index (χ2v) is 5.84. The number of hydrogen-bond donors (Lipinski definition) is 0. The lowest BCUT2D eigenvalue weighted by Crippen LogP contribution is -2.47. The highest BCUT2D eigenvalue weighted by atomic mass is 35.5. The molecule has 0 N–H and O–H groups in total. The Bertz CT molecular complexity index is 619. The van der Waals surface area contributed by atoms with Gasteiger partial charge in [-0.15, -0.1) is 0 Å². The largest absolute Gasteiger partial charge is 0.461 e. The Hall–Kier alpha value is -1.78. The molecule has 0 spiro atoms. The Morgan fingerprint density at radius 2 is 1.86 bits per heavy atom. The smallest absolute Gasteiger partial charge is 0.199 e. The standard InChI is InChI=1S/C17H19ClN2O2/c18-14-4-1-2-5-15(14)20-11-9-19(10-12-20)8-7-16(21)17-6-3-13-22-17/h1-6,13H,7-12H2. The number of piperazine rings is 1. The number of anilines is 1. The fourth-order valence-electron chi connectivity index (χ4n) is 2.74. The van der Waals surface area contributed by atoms with Crippen LogP contribution in [0.3, 0.4) is 0 Å². The predicted molar refractivity (Wildman–Crippen MR) is 87.8 cm³/mol. The first-order chi connectivity index (χ1) is 10.7. The van der Waals surface area contributed by atoms with Crippen molar-refractivity contribution < 1.29 is 9.21 Å². The summed E-state index contributed by atoms with van der Waals surface area (Å²) < 4.78 is 5.13. The molecule has 0 aliphatic carbocycles. The summed E-state index contributed by atoms with van der Waals surface area (Å²) in [4.78, 5) is 16.5. The summed E-state index contributed by atoms with van der Waals surface area (Å²) in [5.41, 5.74) is 1.09. The highest BCUT2D eigenvalue weighted by Crippen LogP contribution is 2.26. The zero-order chi connectivity index (χ0) is 15.4. The van der Waals surface area contributed by atoms with Crippen LogP contribution in [0.1, 0.15) is 17.0 Å². The molecule has 22 heavy (non-hydrogen) atoms. The number of halogens is 1. The monoisotopic (exact) mass is 318 g/mol. The van der Waals surface area contributed by atoms with Crippen molar-refractivity contribution in [1.82, 2.24) is 4.90 Å². The van der Waals surface area contributed by atoms with Gasteiger partial charge >= 0.3 is 0 Å². The molecule has 1 fully saturated rings. The van der Waals surface area contributed by atoms with Crippen molar-refractivity contribution in [3.8, 4) is 0 Å². The zero-order valence-electron chi connectivity index (χ0n) is 12.4. The van der Waals surface area contributed by atoms with Gasteiger partial charge in [-0.25, -0.2) is 0 Å². The van der Waals surface area contributed by atoms with Crippen LogP contribution in [-0.2, 0) is 0 Å². The van der Waals surface area contributed by atoms with Gasteiger partial charge in [0, 0.05) is 39.1 Å². The minimum atomic E-state index is 0.0681. The van der Waals surface area contributed by atoms with Crippen LogP contribution in [0.4, 0.5) is 5.69 Å². The first-order valence-electron chi connectivity index (χ1n) is 7.52. The molecule has 0 unspecified atom stereocenters. The molecule has 1 aliphatic rings. The van der Waals surface area contributed by atoms with Crippen molar-refractivity contribution in [2.24, 2.45) is 0 Å². The summed E-state index contributed by atoms with van der Waals surface area (Å²) in [5.74, 6) is 0.522. The number of carbonyl (C=O) groups is 1. The number of ketones is 1. The Morgan fingerprint density at radius 1 is 1.09 bits per heavy atom. The number of Topliss-reactive ketones (excluding diaryl/α,β-unsaturated/α-hetero) is 1. The summed E-state index contributed by atoms with van der Waals surface area (Å²) in [6.07, 6.45) is 2.04. The number of para-hydroxylation sites is 1. The van der Waals surface area contributed by atoms with E-state index in [1.807, 2.05) is 18.2 Å². The molecule has 0 saturated carbocycles. The molecule has 4 nitrogen and oxygen atoms in total. The number of carbonyl (C=O) groups excluding carboxylic acids is 1. The van der Waals surface area contributed by atoms with Crippen LogP contribution in [-0.4, -0.2) is 43.4 Å². The summed E-state index contributed by atoms with van der Waals surface area (Å²) in [6.45, 7) is 4.51. The van der Waals surface area contributed by atoms with Crippen molar-refractivity contribution >= 4 is 23.1 Å². The van der Waals surface area contributed by atoms with E-state index in [1.54, 1.807) is 12.1 Å².